The highest BCUT2D eigenvalue weighted by Gasteiger charge is 2.21. The van der Waals surface area contributed by atoms with Gasteiger partial charge in [0.2, 0.25) is 0 Å². The molecule has 4 rings (SSSR count). The van der Waals surface area contributed by atoms with Crippen LogP contribution in [0, 0.1) is 18.6 Å². The van der Waals surface area contributed by atoms with Crippen molar-refractivity contribution < 1.29 is 31.5 Å². The number of hydrogen-bond donors (Lipinski definition) is 2. The lowest BCUT2D eigenvalue weighted by atomic mass is 10.0. The number of H-pyrrole nitrogens is 2. The number of sulfone groups is 1. The minimum absolute atomic E-state index is 0.0751. The summed E-state index contributed by atoms with van der Waals surface area (Å²) >= 11 is 0. The highest BCUT2D eigenvalue weighted by molar-refractivity contribution is 7.89. The second kappa shape index (κ2) is 9.57. The van der Waals surface area contributed by atoms with Gasteiger partial charge in [0, 0.05) is 29.0 Å². The number of halogens is 2. The predicted octanol–water partition coefficient (Wildman–Crippen LogP) is 4.62. The first kappa shape index (κ1) is 25.1. The number of aryl methyl sites for hydroxylation is 1. The number of nitrogens with one attached hydrogen (secondary N) is 2. The van der Waals surface area contributed by atoms with Crippen molar-refractivity contribution in [3.05, 3.63) is 81.4 Å². The van der Waals surface area contributed by atoms with Gasteiger partial charge in [0.1, 0.15) is 17.3 Å². The van der Waals surface area contributed by atoms with E-state index in [-0.39, 0.29) is 34.9 Å². The van der Waals surface area contributed by atoms with Crippen LogP contribution in [-0.4, -0.2) is 37.2 Å². The Kier molecular flexibility index (Phi) is 6.68. The van der Waals surface area contributed by atoms with Crippen LogP contribution in [0.4, 0.5) is 8.78 Å². The van der Waals surface area contributed by atoms with Gasteiger partial charge in [-0.25, -0.2) is 22.0 Å². The van der Waals surface area contributed by atoms with Crippen molar-refractivity contribution in [2.45, 2.75) is 19.6 Å². The van der Waals surface area contributed by atoms with Crippen molar-refractivity contribution in [1.82, 2.24) is 9.97 Å². The standard InChI is InChI=1S/C25H22F2N2O6S/c1-4-34-25(31)19-11-17-22(24(30)29-19)13(2)28-23(17)16-9-14(12-36(3,32)33)5-7-20(16)35-21-8-6-15(26)10-18(21)27/h5-11,28H,4,12H2,1-3H3,(H,29,30). The molecule has 0 fully saturated rings. The van der Waals surface area contributed by atoms with Gasteiger partial charge in [-0.1, -0.05) is 6.07 Å². The molecule has 2 aromatic carbocycles. The summed E-state index contributed by atoms with van der Waals surface area (Å²) in [6.07, 6.45) is 1.09. The maximum Gasteiger partial charge on any atom is 0.354 e. The van der Waals surface area contributed by atoms with E-state index >= 15 is 0 Å². The molecule has 8 nitrogen and oxygen atoms in total. The van der Waals surface area contributed by atoms with E-state index in [1.807, 2.05) is 0 Å². The average molecular weight is 517 g/mol. The molecular weight excluding hydrogens is 494 g/mol. The number of carbonyl (C=O) groups excluding carboxylic acids is 1. The lowest BCUT2D eigenvalue weighted by molar-refractivity contribution is 0.0519. The van der Waals surface area contributed by atoms with E-state index in [9.17, 15) is 26.8 Å². The van der Waals surface area contributed by atoms with Crippen molar-refractivity contribution in [1.29, 1.82) is 0 Å². The molecule has 188 valence electrons. The number of aromatic amines is 2. The SMILES string of the molecule is CCOC(=O)c1cc2c(-c3cc(CS(C)(=O)=O)ccc3Oc3ccc(F)cc3F)[nH]c(C)c2c(=O)[nH]1. The van der Waals surface area contributed by atoms with E-state index in [0.717, 1.165) is 18.4 Å². The monoisotopic (exact) mass is 516 g/mol. The second-order valence-corrected chi connectivity index (χ2v) is 10.4. The summed E-state index contributed by atoms with van der Waals surface area (Å²) in [6, 6.07) is 8.78. The van der Waals surface area contributed by atoms with Gasteiger partial charge in [-0.15, -0.1) is 0 Å². The van der Waals surface area contributed by atoms with Crippen LogP contribution in [-0.2, 0) is 20.3 Å². The van der Waals surface area contributed by atoms with Crippen LogP contribution in [0.3, 0.4) is 0 Å². The minimum atomic E-state index is -3.40. The molecule has 36 heavy (non-hydrogen) atoms. The molecule has 0 bridgehead atoms. The summed E-state index contributed by atoms with van der Waals surface area (Å²) in [5.74, 6) is -2.87. The summed E-state index contributed by atoms with van der Waals surface area (Å²) in [4.78, 5) is 30.7. The predicted molar refractivity (Wildman–Crippen MR) is 130 cm³/mol. The van der Waals surface area contributed by atoms with Crippen molar-refractivity contribution in [2.75, 3.05) is 12.9 Å². The number of fused-ring (bicyclic) bond motifs is 1. The van der Waals surface area contributed by atoms with Gasteiger partial charge in [-0.2, -0.15) is 0 Å². The van der Waals surface area contributed by atoms with Gasteiger partial charge >= 0.3 is 5.97 Å². The highest BCUT2D eigenvalue weighted by atomic mass is 32.2. The van der Waals surface area contributed by atoms with Gasteiger partial charge in [-0.05, 0) is 49.7 Å². The molecule has 11 heteroatoms. The van der Waals surface area contributed by atoms with E-state index in [0.29, 0.717) is 34.0 Å². The molecule has 0 saturated carbocycles. The molecule has 0 aliphatic heterocycles. The third-order valence-electron chi connectivity index (χ3n) is 5.34. The summed E-state index contributed by atoms with van der Waals surface area (Å²) < 4.78 is 62.3. The molecule has 2 aromatic heterocycles. The van der Waals surface area contributed by atoms with Crippen molar-refractivity contribution in [3.63, 3.8) is 0 Å². The molecule has 0 aliphatic rings. The number of rotatable bonds is 7. The first-order chi connectivity index (χ1) is 17.0. The van der Waals surface area contributed by atoms with Crippen LogP contribution in [0.25, 0.3) is 22.0 Å². The molecule has 0 aliphatic carbocycles. The van der Waals surface area contributed by atoms with Crippen LogP contribution < -0.4 is 10.3 Å². The molecule has 0 amide bonds. The molecule has 2 heterocycles. The number of ether oxygens (including phenoxy) is 2. The Labute approximate surface area is 204 Å². The normalized spacial score (nSPS) is 11.6. The van der Waals surface area contributed by atoms with E-state index in [1.165, 1.54) is 24.3 Å². The zero-order valence-corrected chi connectivity index (χ0v) is 20.4. The lowest BCUT2D eigenvalue weighted by Crippen LogP contribution is -2.15. The Morgan fingerprint density at radius 1 is 1.03 bits per heavy atom. The Hall–Kier alpha value is -3.99. The molecule has 4 aromatic rings. The maximum absolute atomic E-state index is 14.3. The van der Waals surface area contributed by atoms with Gasteiger partial charge in [-0.3, -0.25) is 4.79 Å². The van der Waals surface area contributed by atoms with Gasteiger partial charge in [0.25, 0.3) is 5.56 Å². The third kappa shape index (κ3) is 5.15. The van der Waals surface area contributed by atoms with Gasteiger partial charge < -0.3 is 19.4 Å². The summed E-state index contributed by atoms with van der Waals surface area (Å²) in [5, 5.41) is 0.616. The molecule has 0 spiro atoms. The quantitative estimate of drug-likeness (QED) is 0.346. The minimum Gasteiger partial charge on any atom is -0.461 e. The van der Waals surface area contributed by atoms with Crippen molar-refractivity contribution >= 4 is 26.6 Å². The van der Waals surface area contributed by atoms with E-state index < -0.39 is 33.0 Å². The third-order valence-corrected chi connectivity index (χ3v) is 6.20. The Balaban J connectivity index is 1.96. The zero-order valence-electron chi connectivity index (χ0n) is 19.6. The number of esters is 1. The summed E-state index contributed by atoms with van der Waals surface area (Å²) in [6.45, 7) is 3.39. The first-order valence-corrected chi connectivity index (χ1v) is 12.9. The topological polar surface area (TPSA) is 118 Å². The van der Waals surface area contributed by atoms with Gasteiger partial charge in [0.05, 0.1) is 23.4 Å². The fourth-order valence-corrected chi connectivity index (χ4v) is 4.69. The number of benzene rings is 2. The molecule has 0 unspecified atom stereocenters. The highest BCUT2D eigenvalue weighted by Crippen LogP contribution is 2.39. The Bertz CT molecular complexity index is 1660. The van der Waals surface area contributed by atoms with Crippen LogP contribution in [0.1, 0.15) is 28.7 Å². The van der Waals surface area contributed by atoms with Crippen LogP contribution in [0.5, 0.6) is 11.5 Å². The smallest absolute Gasteiger partial charge is 0.354 e. The van der Waals surface area contributed by atoms with Crippen molar-refractivity contribution in [2.24, 2.45) is 0 Å². The summed E-state index contributed by atoms with van der Waals surface area (Å²) in [7, 11) is -3.40. The molecule has 0 radical (unpaired) electrons. The number of carbonyl (C=O) groups is 1. The Morgan fingerprint density at radius 2 is 1.75 bits per heavy atom. The fourth-order valence-electron chi connectivity index (χ4n) is 3.91. The second-order valence-electron chi connectivity index (χ2n) is 8.22. The molecule has 2 N–H and O–H groups in total. The lowest BCUT2D eigenvalue weighted by Gasteiger charge is -2.14. The van der Waals surface area contributed by atoms with Crippen LogP contribution in [0.2, 0.25) is 0 Å². The molecular formula is C25H22F2N2O6S. The number of hydrogen-bond acceptors (Lipinski definition) is 6. The maximum atomic E-state index is 14.3. The Morgan fingerprint density at radius 3 is 2.42 bits per heavy atom. The zero-order chi connectivity index (χ0) is 26.2. The van der Waals surface area contributed by atoms with Crippen LogP contribution in [0.15, 0.2) is 47.3 Å². The van der Waals surface area contributed by atoms with Crippen LogP contribution >= 0.6 is 0 Å². The van der Waals surface area contributed by atoms with Gasteiger partial charge in [0.15, 0.2) is 21.4 Å². The molecule has 0 saturated heterocycles. The number of pyridine rings is 1. The largest absolute Gasteiger partial charge is 0.461 e. The van der Waals surface area contributed by atoms with E-state index in [2.05, 4.69) is 9.97 Å². The fraction of sp³-hybridized carbons (Fsp3) is 0.200. The van der Waals surface area contributed by atoms with E-state index in [4.69, 9.17) is 9.47 Å². The summed E-state index contributed by atoms with van der Waals surface area (Å²) in [5.41, 5.74) is 0.925. The first-order valence-electron chi connectivity index (χ1n) is 10.8. The average Bonchev–Trinajstić information content (AvgIpc) is 3.12. The number of aromatic nitrogens is 2. The van der Waals surface area contributed by atoms with E-state index in [1.54, 1.807) is 13.8 Å². The molecule has 0 atom stereocenters. The van der Waals surface area contributed by atoms with Crippen molar-refractivity contribution in [3.8, 4) is 22.8 Å².